The van der Waals surface area contributed by atoms with Crippen molar-refractivity contribution in [3.8, 4) is 0 Å². The highest BCUT2D eigenvalue weighted by molar-refractivity contribution is 8.00. The Labute approximate surface area is 127 Å². The second kappa shape index (κ2) is 6.53. The maximum atomic E-state index is 12.0. The van der Waals surface area contributed by atoms with Gasteiger partial charge in [0.2, 0.25) is 0 Å². The average Bonchev–Trinajstić information content (AvgIpc) is 2.42. The van der Waals surface area contributed by atoms with Gasteiger partial charge in [-0.05, 0) is 23.9 Å². The Bertz CT molecular complexity index is 663. The molecule has 1 aromatic carbocycles. The number of alkyl halides is 3. The van der Waals surface area contributed by atoms with Crippen LogP contribution in [0.2, 0.25) is 5.02 Å². The van der Waals surface area contributed by atoms with Crippen LogP contribution in [0.4, 0.5) is 13.2 Å². The molecule has 1 N–H and O–H groups in total. The first kappa shape index (κ1) is 15.9. The Kier molecular flexibility index (Phi) is 4.95. The summed E-state index contributed by atoms with van der Waals surface area (Å²) in [6, 6.07) is 8.43. The molecule has 0 unspecified atom stereocenters. The van der Waals surface area contributed by atoms with Crippen molar-refractivity contribution in [2.24, 2.45) is 0 Å². The molecule has 0 aliphatic rings. The predicted molar refractivity (Wildman–Crippen MR) is 77.6 cm³/mol. The summed E-state index contributed by atoms with van der Waals surface area (Å²) in [5.41, 5.74) is -3.66. The molecule has 0 aliphatic carbocycles. The second-order valence-corrected chi connectivity index (χ2v) is 5.62. The zero-order valence-corrected chi connectivity index (χ0v) is 12.1. The monoisotopic (exact) mass is 334 g/mol. The summed E-state index contributed by atoms with van der Waals surface area (Å²) in [7, 11) is 0. The Morgan fingerprint density at radius 2 is 2.05 bits per heavy atom. The van der Waals surface area contributed by atoms with Gasteiger partial charge in [0.15, 0.2) is 0 Å². The summed E-state index contributed by atoms with van der Waals surface area (Å²) in [6.45, 7) is -0.102. The van der Waals surface area contributed by atoms with Crippen LogP contribution in [0.5, 0.6) is 0 Å². The molecule has 0 bridgehead atoms. The Hall–Kier alpha value is -1.47. The van der Waals surface area contributed by atoms with Crippen molar-refractivity contribution in [2.75, 3.05) is 12.3 Å². The van der Waals surface area contributed by atoms with Crippen LogP contribution in [-0.2, 0) is 0 Å². The smallest absolute Gasteiger partial charge is 0.350 e. The fraction of sp³-hybridized carbons (Fsp3) is 0.231. The molecular formula is C13H10ClF3N2OS. The zero-order chi connectivity index (χ0) is 15.5. The number of rotatable bonds is 4. The maximum Gasteiger partial charge on any atom is 0.441 e. The number of pyridine rings is 1. The molecule has 2 aromatic rings. The number of carbonyl (C=O) groups excluding carboxylic acids is 1. The third kappa shape index (κ3) is 4.50. The van der Waals surface area contributed by atoms with Crippen molar-refractivity contribution in [3.05, 3.63) is 41.0 Å². The van der Waals surface area contributed by atoms with Gasteiger partial charge in [-0.25, -0.2) is 4.98 Å². The maximum absolute atomic E-state index is 12.0. The standard InChI is InChI=1S/C13H10ClF3N2OS/c14-9-7-11(19-10-4-2-1-3-8(9)10)12(20)18-5-6-21-13(15,16)17/h1-4,7H,5-6H2,(H,18,20). The van der Waals surface area contributed by atoms with E-state index in [-0.39, 0.29) is 29.8 Å². The Balaban J connectivity index is 2.03. The number of aromatic nitrogens is 1. The largest absolute Gasteiger partial charge is 0.441 e. The number of fused-ring (bicyclic) bond motifs is 1. The van der Waals surface area contributed by atoms with Crippen LogP contribution in [0.1, 0.15) is 10.5 Å². The molecule has 3 nitrogen and oxygen atoms in total. The van der Waals surface area contributed by atoms with Gasteiger partial charge >= 0.3 is 5.51 Å². The molecule has 0 saturated carbocycles. The molecule has 0 saturated heterocycles. The lowest BCUT2D eigenvalue weighted by Gasteiger charge is -2.08. The molecule has 0 radical (unpaired) electrons. The number of thioether (sulfide) groups is 1. The Morgan fingerprint density at radius 3 is 2.76 bits per heavy atom. The van der Waals surface area contributed by atoms with Gasteiger partial charge in [0.1, 0.15) is 5.69 Å². The highest BCUT2D eigenvalue weighted by Crippen LogP contribution is 2.29. The summed E-state index contributed by atoms with van der Waals surface area (Å²) in [5, 5.41) is 3.46. The molecule has 1 aromatic heterocycles. The van der Waals surface area contributed by atoms with Gasteiger partial charge in [0.25, 0.3) is 5.91 Å². The van der Waals surface area contributed by atoms with Gasteiger partial charge in [0.05, 0.1) is 10.5 Å². The molecule has 0 aliphatic heterocycles. The molecular weight excluding hydrogens is 325 g/mol. The molecule has 0 spiro atoms. The fourth-order valence-electron chi connectivity index (χ4n) is 1.67. The number of hydrogen-bond donors (Lipinski definition) is 1. The third-order valence-corrected chi connectivity index (χ3v) is 3.60. The van der Waals surface area contributed by atoms with Crippen LogP contribution in [0, 0.1) is 0 Å². The molecule has 0 atom stereocenters. The normalized spacial score (nSPS) is 11.6. The van der Waals surface area contributed by atoms with E-state index in [4.69, 9.17) is 11.6 Å². The van der Waals surface area contributed by atoms with Crippen LogP contribution in [0.25, 0.3) is 10.9 Å². The van der Waals surface area contributed by atoms with E-state index >= 15 is 0 Å². The predicted octanol–water partition coefficient (Wildman–Crippen LogP) is 3.87. The SMILES string of the molecule is O=C(NCCSC(F)(F)F)c1cc(Cl)c2ccccc2n1. The number of carbonyl (C=O) groups is 1. The molecule has 1 amide bonds. The first-order valence-corrected chi connectivity index (χ1v) is 7.27. The summed E-state index contributed by atoms with van der Waals surface area (Å²) in [6.07, 6.45) is 0. The van der Waals surface area contributed by atoms with Crippen molar-refractivity contribution in [1.29, 1.82) is 0 Å². The molecule has 21 heavy (non-hydrogen) atoms. The van der Waals surface area contributed by atoms with Crippen LogP contribution in [0.15, 0.2) is 30.3 Å². The lowest BCUT2D eigenvalue weighted by Crippen LogP contribution is -2.27. The minimum atomic E-state index is -4.30. The summed E-state index contributed by atoms with van der Waals surface area (Å²) in [5.74, 6) is -0.804. The first-order chi connectivity index (χ1) is 9.87. The van der Waals surface area contributed by atoms with Gasteiger partial charge in [-0.15, -0.1) is 0 Å². The molecule has 1 heterocycles. The van der Waals surface area contributed by atoms with E-state index in [9.17, 15) is 18.0 Å². The van der Waals surface area contributed by atoms with Crippen molar-refractivity contribution in [1.82, 2.24) is 10.3 Å². The van der Waals surface area contributed by atoms with Crippen molar-refractivity contribution in [2.45, 2.75) is 5.51 Å². The van der Waals surface area contributed by atoms with Crippen LogP contribution >= 0.6 is 23.4 Å². The number of benzene rings is 1. The highest BCUT2D eigenvalue weighted by atomic mass is 35.5. The van der Waals surface area contributed by atoms with Crippen LogP contribution < -0.4 is 5.32 Å². The molecule has 112 valence electrons. The number of amides is 1. The molecule has 0 fully saturated rings. The van der Waals surface area contributed by atoms with E-state index in [1.54, 1.807) is 24.3 Å². The number of para-hydroxylation sites is 1. The lowest BCUT2D eigenvalue weighted by molar-refractivity contribution is -0.0327. The molecule has 8 heteroatoms. The summed E-state index contributed by atoms with van der Waals surface area (Å²) in [4.78, 5) is 16.0. The number of nitrogens with one attached hydrogen (secondary N) is 1. The first-order valence-electron chi connectivity index (χ1n) is 5.91. The number of halogens is 4. The van der Waals surface area contributed by atoms with E-state index in [1.807, 2.05) is 0 Å². The van der Waals surface area contributed by atoms with Gasteiger partial charge in [-0.3, -0.25) is 4.79 Å². The summed E-state index contributed by atoms with van der Waals surface area (Å²) < 4.78 is 35.9. The highest BCUT2D eigenvalue weighted by Gasteiger charge is 2.27. The average molecular weight is 335 g/mol. The van der Waals surface area contributed by atoms with Crippen molar-refractivity contribution < 1.29 is 18.0 Å². The Morgan fingerprint density at radius 1 is 1.33 bits per heavy atom. The fourth-order valence-corrected chi connectivity index (χ4v) is 2.37. The summed E-state index contributed by atoms with van der Waals surface area (Å²) >= 11 is 5.87. The van der Waals surface area contributed by atoms with Crippen molar-refractivity contribution in [3.63, 3.8) is 0 Å². The zero-order valence-electron chi connectivity index (χ0n) is 10.6. The van der Waals surface area contributed by atoms with E-state index in [2.05, 4.69) is 10.3 Å². The van der Waals surface area contributed by atoms with E-state index in [0.717, 1.165) is 0 Å². The number of hydrogen-bond acceptors (Lipinski definition) is 3. The molecule has 2 rings (SSSR count). The number of nitrogens with zero attached hydrogens (tertiary/aromatic N) is 1. The third-order valence-electron chi connectivity index (χ3n) is 2.55. The topological polar surface area (TPSA) is 42.0 Å². The quantitative estimate of drug-likeness (QED) is 0.863. The lowest BCUT2D eigenvalue weighted by atomic mass is 10.2. The van der Waals surface area contributed by atoms with Crippen molar-refractivity contribution >= 4 is 40.2 Å². The van der Waals surface area contributed by atoms with Gasteiger partial charge in [0, 0.05) is 17.7 Å². The minimum Gasteiger partial charge on any atom is -0.350 e. The van der Waals surface area contributed by atoms with Gasteiger partial charge < -0.3 is 5.32 Å². The van der Waals surface area contributed by atoms with Gasteiger partial charge in [-0.1, -0.05) is 29.8 Å². The minimum absolute atomic E-state index is 0.0794. The van der Waals surface area contributed by atoms with E-state index in [0.29, 0.717) is 15.9 Å². The second-order valence-electron chi connectivity index (χ2n) is 4.06. The van der Waals surface area contributed by atoms with E-state index < -0.39 is 11.4 Å². The van der Waals surface area contributed by atoms with E-state index in [1.165, 1.54) is 6.07 Å². The van der Waals surface area contributed by atoms with Crippen LogP contribution in [-0.4, -0.2) is 28.7 Å². The van der Waals surface area contributed by atoms with Gasteiger partial charge in [-0.2, -0.15) is 13.2 Å². The van der Waals surface area contributed by atoms with Crippen LogP contribution in [0.3, 0.4) is 0 Å².